The first-order chi connectivity index (χ1) is 9.26. The van der Waals surface area contributed by atoms with Crippen LogP contribution in [0.5, 0.6) is 0 Å². The van der Waals surface area contributed by atoms with Crippen LogP contribution in [0.1, 0.15) is 50.7 Å². The van der Waals surface area contributed by atoms with Crippen LogP contribution in [0.2, 0.25) is 0 Å². The van der Waals surface area contributed by atoms with Crippen molar-refractivity contribution in [2.24, 2.45) is 17.6 Å². The number of nitrogens with two attached hydrogens (primary N) is 1. The summed E-state index contributed by atoms with van der Waals surface area (Å²) in [6.45, 7) is 2.30. The Balaban J connectivity index is 2.06. The molecule has 1 aliphatic carbocycles. The number of methoxy groups -OCH3 is 1. The molecule has 1 aromatic carbocycles. The normalized spacial score (nSPS) is 26.9. The first-order valence-electron chi connectivity index (χ1n) is 7.59. The van der Waals surface area contributed by atoms with E-state index in [9.17, 15) is 0 Å². The van der Waals surface area contributed by atoms with Crippen LogP contribution in [-0.2, 0) is 4.74 Å². The predicted molar refractivity (Wildman–Crippen MR) is 79.9 cm³/mol. The largest absolute Gasteiger partial charge is 0.375 e. The number of hydrogen-bond acceptors (Lipinski definition) is 2. The summed E-state index contributed by atoms with van der Waals surface area (Å²) in [5, 5.41) is 0. The van der Waals surface area contributed by atoms with Crippen molar-refractivity contribution >= 4 is 0 Å². The standard InChI is InChI=1S/C17H27NO/c1-3-13-8-7-11-15(12-13)16(18)17(19-2)14-9-5-4-6-10-14/h4-6,9-10,13,15-17H,3,7-8,11-12,18H2,1-2H3. The smallest absolute Gasteiger partial charge is 0.0974 e. The lowest BCUT2D eigenvalue weighted by Gasteiger charge is -2.36. The third-order valence-electron chi connectivity index (χ3n) is 4.68. The number of benzene rings is 1. The van der Waals surface area contributed by atoms with Crippen LogP contribution in [0.25, 0.3) is 0 Å². The predicted octanol–water partition coefficient (Wildman–Crippen LogP) is 3.92. The van der Waals surface area contributed by atoms with Gasteiger partial charge in [0.15, 0.2) is 0 Å². The molecular formula is C17H27NO. The Hall–Kier alpha value is -0.860. The Kier molecular flexibility index (Phi) is 5.41. The van der Waals surface area contributed by atoms with Crippen LogP contribution in [-0.4, -0.2) is 13.2 Å². The summed E-state index contributed by atoms with van der Waals surface area (Å²) in [5.41, 5.74) is 7.73. The fourth-order valence-corrected chi connectivity index (χ4v) is 3.46. The van der Waals surface area contributed by atoms with Gasteiger partial charge in [0.2, 0.25) is 0 Å². The van der Waals surface area contributed by atoms with Gasteiger partial charge in [-0.1, -0.05) is 56.5 Å². The van der Waals surface area contributed by atoms with Gasteiger partial charge >= 0.3 is 0 Å². The van der Waals surface area contributed by atoms with Gasteiger partial charge < -0.3 is 10.5 Å². The number of hydrogen-bond donors (Lipinski definition) is 1. The van der Waals surface area contributed by atoms with E-state index in [0.29, 0.717) is 5.92 Å². The van der Waals surface area contributed by atoms with Crippen molar-refractivity contribution in [2.45, 2.75) is 51.2 Å². The molecule has 2 heteroatoms. The lowest BCUT2D eigenvalue weighted by molar-refractivity contribution is 0.0473. The molecule has 0 bridgehead atoms. The second kappa shape index (κ2) is 7.06. The van der Waals surface area contributed by atoms with E-state index < -0.39 is 0 Å². The van der Waals surface area contributed by atoms with Crippen molar-refractivity contribution in [2.75, 3.05) is 7.11 Å². The molecule has 1 fully saturated rings. The SMILES string of the molecule is CCC1CCCC(C(N)C(OC)c2ccccc2)C1. The van der Waals surface area contributed by atoms with Crippen LogP contribution < -0.4 is 5.73 Å². The highest BCUT2D eigenvalue weighted by atomic mass is 16.5. The zero-order valence-corrected chi connectivity index (χ0v) is 12.2. The summed E-state index contributed by atoms with van der Waals surface area (Å²) in [6.07, 6.45) is 6.54. The van der Waals surface area contributed by atoms with Crippen molar-refractivity contribution < 1.29 is 4.74 Å². The molecule has 1 saturated carbocycles. The molecule has 0 aromatic heterocycles. The van der Waals surface area contributed by atoms with Crippen molar-refractivity contribution in [3.8, 4) is 0 Å². The molecular weight excluding hydrogens is 234 g/mol. The zero-order valence-electron chi connectivity index (χ0n) is 12.2. The minimum Gasteiger partial charge on any atom is -0.375 e. The van der Waals surface area contributed by atoms with Crippen molar-refractivity contribution in [3.63, 3.8) is 0 Å². The van der Waals surface area contributed by atoms with Crippen LogP contribution in [0.15, 0.2) is 30.3 Å². The molecule has 106 valence electrons. The topological polar surface area (TPSA) is 35.2 Å². The van der Waals surface area contributed by atoms with Gasteiger partial charge in [-0.3, -0.25) is 0 Å². The molecule has 2 nitrogen and oxygen atoms in total. The maximum absolute atomic E-state index is 6.53. The summed E-state index contributed by atoms with van der Waals surface area (Å²) in [6, 6.07) is 10.5. The lowest BCUT2D eigenvalue weighted by atomic mass is 9.75. The van der Waals surface area contributed by atoms with Crippen molar-refractivity contribution in [1.29, 1.82) is 0 Å². The number of ether oxygens (including phenoxy) is 1. The molecule has 0 radical (unpaired) electrons. The van der Waals surface area contributed by atoms with Gasteiger partial charge in [0.05, 0.1) is 6.10 Å². The van der Waals surface area contributed by atoms with E-state index in [4.69, 9.17) is 10.5 Å². The Labute approximate surface area is 117 Å². The molecule has 1 aromatic rings. The molecule has 0 saturated heterocycles. The minimum absolute atomic E-state index is 0.0295. The molecule has 0 aliphatic heterocycles. The highest BCUT2D eigenvalue weighted by Crippen LogP contribution is 2.36. The second-order valence-electron chi connectivity index (χ2n) is 5.85. The van der Waals surface area contributed by atoms with Crippen LogP contribution in [0, 0.1) is 11.8 Å². The molecule has 2 N–H and O–H groups in total. The van der Waals surface area contributed by atoms with E-state index >= 15 is 0 Å². The Morgan fingerprint density at radius 1 is 1.26 bits per heavy atom. The summed E-state index contributed by atoms with van der Waals surface area (Å²) in [5.74, 6) is 1.46. The summed E-state index contributed by atoms with van der Waals surface area (Å²) in [7, 11) is 1.78. The first kappa shape index (κ1) is 14.5. The van der Waals surface area contributed by atoms with Crippen molar-refractivity contribution in [3.05, 3.63) is 35.9 Å². The van der Waals surface area contributed by atoms with Gasteiger partial charge in [0.1, 0.15) is 0 Å². The van der Waals surface area contributed by atoms with E-state index in [1.54, 1.807) is 7.11 Å². The fraction of sp³-hybridized carbons (Fsp3) is 0.647. The lowest BCUT2D eigenvalue weighted by Crippen LogP contribution is -2.39. The Bertz CT molecular complexity index is 365. The maximum atomic E-state index is 6.53. The van der Waals surface area contributed by atoms with Gasteiger partial charge in [-0.05, 0) is 30.2 Å². The van der Waals surface area contributed by atoms with Gasteiger partial charge in [0, 0.05) is 13.2 Å². The number of rotatable bonds is 5. The third-order valence-corrected chi connectivity index (χ3v) is 4.68. The van der Waals surface area contributed by atoms with E-state index in [-0.39, 0.29) is 12.1 Å². The van der Waals surface area contributed by atoms with E-state index in [1.807, 2.05) is 6.07 Å². The highest BCUT2D eigenvalue weighted by molar-refractivity contribution is 5.19. The average molecular weight is 261 g/mol. The van der Waals surface area contributed by atoms with Crippen LogP contribution in [0.3, 0.4) is 0 Å². The monoisotopic (exact) mass is 261 g/mol. The minimum atomic E-state index is 0.0295. The molecule has 2 rings (SSSR count). The average Bonchev–Trinajstić information content (AvgIpc) is 2.49. The van der Waals surface area contributed by atoms with Gasteiger partial charge in [-0.15, -0.1) is 0 Å². The second-order valence-corrected chi connectivity index (χ2v) is 5.85. The van der Waals surface area contributed by atoms with E-state index in [0.717, 1.165) is 5.92 Å². The molecule has 4 atom stereocenters. The fourth-order valence-electron chi connectivity index (χ4n) is 3.46. The molecule has 0 amide bonds. The molecule has 1 aliphatic rings. The Morgan fingerprint density at radius 3 is 2.63 bits per heavy atom. The maximum Gasteiger partial charge on any atom is 0.0974 e. The van der Waals surface area contributed by atoms with E-state index in [2.05, 4.69) is 31.2 Å². The molecule has 19 heavy (non-hydrogen) atoms. The summed E-state index contributed by atoms with van der Waals surface area (Å²) >= 11 is 0. The third kappa shape index (κ3) is 3.58. The molecule has 4 unspecified atom stereocenters. The van der Waals surface area contributed by atoms with Crippen molar-refractivity contribution in [1.82, 2.24) is 0 Å². The Morgan fingerprint density at radius 2 is 2.00 bits per heavy atom. The van der Waals surface area contributed by atoms with Gasteiger partial charge in [-0.25, -0.2) is 0 Å². The van der Waals surface area contributed by atoms with Crippen LogP contribution in [0.4, 0.5) is 0 Å². The molecule has 0 heterocycles. The summed E-state index contributed by atoms with van der Waals surface area (Å²) in [4.78, 5) is 0. The molecule has 0 spiro atoms. The van der Waals surface area contributed by atoms with Gasteiger partial charge in [-0.2, -0.15) is 0 Å². The summed E-state index contributed by atoms with van der Waals surface area (Å²) < 4.78 is 5.70. The quantitative estimate of drug-likeness (QED) is 0.872. The first-order valence-corrected chi connectivity index (χ1v) is 7.59. The van der Waals surface area contributed by atoms with Gasteiger partial charge in [0.25, 0.3) is 0 Å². The zero-order chi connectivity index (χ0) is 13.7. The van der Waals surface area contributed by atoms with Crippen LogP contribution >= 0.6 is 0 Å². The highest BCUT2D eigenvalue weighted by Gasteiger charge is 2.31. The van der Waals surface area contributed by atoms with E-state index in [1.165, 1.54) is 37.7 Å².